The third-order valence-electron chi connectivity index (χ3n) is 4.53. The SMILES string of the molecule is COc1cccc(NC(=O)CSc2ccccc2C(=O)NC2CCCC2)c1. The number of amides is 2. The lowest BCUT2D eigenvalue weighted by Crippen LogP contribution is -2.32. The lowest BCUT2D eigenvalue weighted by atomic mass is 10.2. The van der Waals surface area contributed by atoms with Gasteiger partial charge in [-0.1, -0.05) is 31.0 Å². The van der Waals surface area contributed by atoms with E-state index < -0.39 is 0 Å². The van der Waals surface area contributed by atoms with Crippen molar-refractivity contribution in [2.45, 2.75) is 36.6 Å². The van der Waals surface area contributed by atoms with Crippen LogP contribution in [0.5, 0.6) is 5.75 Å². The molecule has 2 aromatic rings. The van der Waals surface area contributed by atoms with Crippen molar-refractivity contribution in [1.29, 1.82) is 0 Å². The van der Waals surface area contributed by atoms with E-state index in [0.717, 1.165) is 17.7 Å². The van der Waals surface area contributed by atoms with Gasteiger partial charge in [0.25, 0.3) is 5.91 Å². The zero-order chi connectivity index (χ0) is 19.1. The summed E-state index contributed by atoms with van der Waals surface area (Å²) in [4.78, 5) is 25.7. The van der Waals surface area contributed by atoms with Crippen LogP contribution in [-0.2, 0) is 4.79 Å². The average molecular weight is 385 g/mol. The van der Waals surface area contributed by atoms with Crippen LogP contribution in [0.1, 0.15) is 36.0 Å². The van der Waals surface area contributed by atoms with Crippen LogP contribution in [0.3, 0.4) is 0 Å². The summed E-state index contributed by atoms with van der Waals surface area (Å²) in [6.07, 6.45) is 4.44. The molecule has 2 N–H and O–H groups in total. The number of thioether (sulfide) groups is 1. The van der Waals surface area contributed by atoms with Gasteiger partial charge in [0.2, 0.25) is 5.91 Å². The molecule has 27 heavy (non-hydrogen) atoms. The van der Waals surface area contributed by atoms with Crippen molar-refractivity contribution in [3.63, 3.8) is 0 Å². The number of nitrogens with one attached hydrogen (secondary N) is 2. The molecule has 0 aliphatic heterocycles. The van der Waals surface area contributed by atoms with Gasteiger partial charge in [-0.25, -0.2) is 0 Å². The first-order valence-electron chi connectivity index (χ1n) is 9.12. The minimum absolute atomic E-state index is 0.0572. The molecule has 0 aromatic heterocycles. The Balaban J connectivity index is 1.58. The van der Waals surface area contributed by atoms with E-state index in [9.17, 15) is 9.59 Å². The Hall–Kier alpha value is -2.47. The van der Waals surface area contributed by atoms with Crippen LogP contribution in [0.4, 0.5) is 5.69 Å². The van der Waals surface area contributed by atoms with E-state index in [1.165, 1.54) is 24.6 Å². The number of carbonyl (C=O) groups excluding carboxylic acids is 2. The van der Waals surface area contributed by atoms with E-state index in [2.05, 4.69) is 10.6 Å². The maximum atomic E-state index is 12.6. The van der Waals surface area contributed by atoms with Crippen molar-refractivity contribution in [2.75, 3.05) is 18.2 Å². The Morgan fingerprint density at radius 2 is 1.89 bits per heavy atom. The Morgan fingerprint density at radius 1 is 1.11 bits per heavy atom. The highest BCUT2D eigenvalue weighted by atomic mass is 32.2. The number of benzene rings is 2. The van der Waals surface area contributed by atoms with Crippen LogP contribution in [0.15, 0.2) is 53.4 Å². The van der Waals surface area contributed by atoms with E-state index in [1.54, 1.807) is 13.2 Å². The van der Waals surface area contributed by atoms with E-state index >= 15 is 0 Å². The average Bonchev–Trinajstić information content (AvgIpc) is 3.19. The molecular formula is C21H24N2O3S. The first-order chi connectivity index (χ1) is 13.2. The van der Waals surface area contributed by atoms with Crippen LogP contribution >= 0.6 is 11.8 Å². The first-order valence-corrected chi connectivity index (χ1v) is 10.1. The van der Waals surface area contributed by atoms with E-state index in [0.29, 0.717) is 17.0 Å². The smallest absolute Gasteiger partial charge is 0.252 e. The van der Waals surface area contributed by atoms with E-state index in [1.807, 2.05) is 42.5 Å². The van der Waals surface area contributed by atoms with Crippen molar-refractivity contribution >= 4 is 29.3 Å². The van der Waals surface area contributed by atoms with Gasteiger partial charge < -0.3 is 15.4 Å². The molecule has 0 bridgehead atoms. The summed E-state index contributed by atoms with van der Waals surface area (Å²) in [5.41, 5.74) is 1.32. The normalized spacial score (nSPS) is 14.0. The van der Waals surface area contributed by atoms with E-state index in [4.69, 9.17) is 4.74 Å². The zero-order valence-corrected chi connectivity index (χ0v) is 16.2. The fourth-order valence-corrected chi connectivity index (χ4v) is 4.00. The van der Waals surface area contributed by atoms with E-state index in [-0.39, 0.29) is 23.6 Å². The Bertz CT molecular complexity index is 804. The minimum atomic E-state index is -0.126. The molecule has 1 fully saturated rings. The monoisotopic (exact) mass is 384 g/mol. The molecule has 5 nitrogen and oxygen atoms in total. The van der Waals surface area contributed by atoms with Gasteiger partial charge in [0.1, 0.15) is 5.75 Å². The van der Waals surface area contributed by atoms with Gasteiger partial charge in [0, 0.05) is 22.7 Å². The second-order valence-corrected chi connectivity index (χ2v) is 7.54. The van der Waals surface area contributed by atoms with Gasteiger partial charge in [-0.3, -0.25) is 9.59 Å². The molecule has 1 saturated carbocycles. The molecule has 1 aliphatic carbocycles. The molecule has 1 aliphatic rings. The second kappa shape index (κ2) is 9.46. The molecule has 0 radical (unpaired) electrons. The molecule has 0 atom stereocenters. The molecule has 0 spiro atoms. The largest absolute Gasteiger partial charge is 0.497 e. The summed E-state index contributed by atoms with van der Waals surface area (Å²) < 4.78 is 5.16. The molecule has 2 amide bonds. The highest BCUT2D eigenvalue weighted by Gasteiger charge is 2.19. The number of methoxy groups -OCH3 is 1. The minimum Gasteiger partial charge on any atom is -0.497 e. The Morgan fingerprint density at radius 3 is 2.67 bits per heavy atom. The lowest BCUT2D eigenvalue weighted by Gasteiger charge is -2.14. The summed E-state index contributed by atoms with van der Waals surface area (Å²) >= 11 is 1.37. The molecule has 3 rings (SSSR count). The van der Waals surface area contributed by atoms with Crippen LogP contribution < -0.4 is 15.4 Å². The Kier molecular flexibility index (Phi) is 6.76. The summed E-state index contributed by atoms with van der Waals surface area (Å²) in [5, 5.41) is 5.96. The number of rotatable bonds is 7. The fraction of sp³-hybridized carbons (Fsp3) is 0.333. The van der Waals surface area contributed by atoms with Crippen LogP contribution in [-0.4, -0.2) is 30.7 Å². The zero-order valence-electron chi connectivity index (χ0n) is 15.4. The van der Waals surface area contributed by atoms with Crippen molar-refractivity contribution in [3.05, 3.63) is 54.1 Å². The van der Waals surface area contributed by atoms with Crippen LogP contribution in [0, 0.1) is 0 Å². The quantitative estimate of drug-likeness (QED) is 0.706. The Labute approximate surface area is 163 Å². The molecule has 0 saturated heterocycles. The third kappa shape index (κ3) is 5.50. The van der Waals surface area contributed by atoms with Crippen LogP contribution in [0.25, 0.3) is 0 Å². The topological polar surface area (TPSA) is 67.4 Å². The van der Waals surface area contributed by atoms with Crippen molar-refractivity contribution in [3.8, 4) is 5.75 Å². The number of hydrogen-bond acceptors (Lipinski definition) is 4. The molecule has 2 aromatic carbocycles. The standard InChI is InChI=1S/C21H24N2O3S/c1-26-17-10-6-9-16(13-17)22-20(24)14-27-19-12-5-4-11-18(19)21(25)23-15-7-2-3-8-15/h4-6,9-13,15H,2-3,7-8,14H2,1H3,(H,22,24)(H,23,25). The summed E-state index contributed by atoms with van der Waals surface area (Å²) in [7, 11) is 1.59. The van der Waals surface area contributed by atoms with Gasteiger partial charge in [-0.15, -0.1) is 11.8 Å². The molecule has 142 valence electrons. The molecule has 0 unspecified atom stereocenters. The van der Waals surface area contributed by atoms with Crippen molar-refractivity contribution in [2.24, 2.45) is 0 Å². The molecule has 6 heteroatoms. The fourth-order valence-electron chi connectivity index (χ4n) is 3.15. The summed E-state index contributed by atoms with van der Waals surface area (Å²) in [6.45, 7) is 0. The number of carbonyl (C=O) groups is 2. The van der Waals surface area contributed by atoms with Gasteiger partial charge in [0.15, 0.2) is 0 Å². The third-order valence-corrected chi connectivity index (χ3v) is 5.61. The summed E-state index contributed by atoms with van der Waals surface area (Å²) in [5.74, 6) is 0.733. The van der Waals surface area contributed by atoms with Gasteiger partial charge in [-0.2, -0.15) is 0 Å². The number of hydrogen-bond donors (Lipinski definition) is 2. The van der Waals surface area contributed by atoms with Gasteiger partial charge in [-0.05, 0) is 37.1 Å². The predicted molar refractivity (Wildman–Crippen MR) is 109 cm³/mol. The number of ether oxygens (including phenoxy) is 1. The summed E-state index contributed by atoms with van der Waals surface area (Å²) in [6, 6.07) is 14.9. The molecule has 0 heterocycles. The highest BCUT2D eigenvalue weighted by molar-refractivity contribution is 8.00. The van der Waals surface area contributed by atoms with Crippen LogP contribution in [0.2, 0.25) is 0 Å². The predicted octanol–water partition coefficient (Wildman–Crippen LogP) is 4.10. The highest BCUT2D eigenvalue weighted by Crippen LogP contribution is 2.25. The lowest BCUT2D eigenvalue weighted by molar-refractivity contribution is -0.113. The maximum absolute atomic E-state index is 12.6. The maximum Gasteiger partial charge on any atom is 0.252 e. The molecular weight excluding hydrogens is 360 g/mol. The number of anilines is 1. The second-order valence-electron chi connectivity index (χ2n) is 6.52. The van der Waals surface area contributed by atoms with Gasteiger partial charge in [0.05, 0.1) is 18.4 Å². The van der Waals surface area contributed by atoms with Gasteiger partial charge >= 0.3 is 0 Å². The van der Waals surface area contributed by atoms with Crippen molar-refractivity contribution < 1.29 is 14.3 Å². The van der Waals surface area contributed by atoms with Crippen molar-refractivity contribution in [1.82, 2.24) is 5.32 Å². The first kappa shape index (κ1) is 19.3.